The largest absolute Gasteiger partial charge is 0.379 e. The van der Waals surface area contributed by atoms with Gasteiger partial charge in [-0.05, 0) is 31.9 Å². The van der Waals surface area contributed by atoms with Crippen molar-refractivity contribution in [2.45, 2.75) is 30.8 Å². The van der Waals surface area contributed by atoms with Crippen molar-refractivity contribution in [1.29, 1.82) is 0 Å². The molecule has 2 fully saturated rings. The third kappa shape index (κ3) is 4.09. The van der Waals surface area contributed by atoms with Crippen LogP contribution in [0.25, 0.3) is 0 Å². The van der Waals surface area contributed by atoms with E-state index in [9.17, 15) is 13.2 Å². The number of sulfonamides is 1. The molecule has 2 heterocycles. The van der Waals surface area contributed by atoms with Gasteiger partial charge in [0.2, 0.25) is 10.0 Å². The van der Waals surface area contributed by atoms with Crippen LogP contribution in [0, 0.1) is 0 Å². The molecule has 26 heavy (non-hydrogen) atoms. The molecule has 0 saturated carbocycles. The van der Waals surface area contributed by atoms with Gasteiger partial charge in [-0.3, -0.25) is 4.79 Å². The van der Waals surface area contributed by atoms with Crippen molar-refractivity contribution in [2.75, 3.05) is 46.0 Å². The van der Waals surface area contributed by atoms with Crippen LogP contribution in [0.1, 0.15) is 30.1 Å². The third-order valence-corrected chi connectivity index (χ3v) is 6.73. The molecule has 2 aliphatic heterocycles. The molecule has 2 saturated heterocycles. The molecule has 0 aromatic heterocycles. The minimum Gasteiger partial charge on any atom is -0.379 e. The number of ether oxygens (including phenoxy) is 2. The summed E-state index contributed by atoms with van der Waals surface area (Å²) in [6.45, 7) is 5.02. The summed E-state index contributed by atoms with van der Waals surface area (Å²) in [5.74, 6) is -0.248. The Morgan fingerprint density at radius 3 is 2.69 bits per heavy atom. The van der Waals surface area contributed by atoms with Crippen LogP contribution in [-0.4, -0.2) is 75.6 Å². The first-order valence-corrected chi connectivity index (χ1v) is 10.6. The summed E-state index contributed by atoms with van der Waals surface area (Å²) in [5, 5.41) is 0. The van der Waals surface area contributed by atoms with Crippen molar-refractivity contribution in [3.8, 4) is 0 Å². The highest BCUT2D eigenvalue weighted by Gasteiger charge is 2.32. The van der Waals surface area contributed by atoms with Gasteiger partial charge in [-0.2, -0.15) is 4.31 Å². The summed E-state index contributed by atoms with van der Waals surface area (Å²) in [5.41, 5.74) is 0.233. The van der Waals surface area contributed by atoms with Crippen molar-refractivity contribution in [3.63, 3.8) is 0 Å². The number of amides is 1. The number of hydrogen-bond acceptors (Lipinski definition) is 5. The van der Waals surface area contributed by atoms with Gasteiger partial charge in [0.15, 0.2) is 0 Å². The highest BCUT2D eigenvalue weighted by Crippen LogP contribution is 2.24. The molecule has 7 nitrogen and oxygen atoms in total. The lowest BCUT2D eigenvalue weighted by atomic mass is 10.1. The summed E-state index contributed by atoms with van der Waals surface area (Å²) in [7, 11) is -3.73. The molecular formula is C18H26N2O5S. The Morgan fingerprint density at radius 2 is 1.96 bits per heavy atom. The van der Waals surface area contributed by atoms with Crippen LogP contribution in [0.4, 0.5) is 0 Å². The maximum absolute atomic E-state index is 13.1. The van der Waals surface area contributed by atoms with E-state index in [0.29, 0.717) is 46.0 Å². The van der Waals surface area contributed by atoms with Crippen LogP contribution >= 0.6 is 0 Å². The van der Waals surface area contributed by atoms with Crippen LogP contribution in [0.2, 0.25) is 0 Å². The molecule has 3 rings (SSSR count). The van der Waals surface area contributed by atoms with E-state index in [0.717, 1.165) is 12.8 Å². The second-order valence-corrected chi connectivity index (χ2v) is 8.39. The van der Waals surface area contributed by atoms with Crippen molar-refractivity contribution in [2.24, 2.45) is 0 Å². The molecular weight excluding hydrogens is 356 g/mol. The first-order valence-electron chi connectivity index (χ1n) is 9.12. The summed E-state index contributed by atoms with van der Waals surface area (Å²) in [4.78, 5) is 14.8. The summed E-state index contributed by atoms with van der Waals surface area (Å²) >= 11 is 0. The predicted molar refractivity (Wildman–Crippen MR) is 96.6 cm³/mol. The van der Waals surface area contributed by atoms with Gasteiger partial charge in [0.25, 0.3) is 5.91 Å². The van der Waals surface area contributed by atoms with Crippen molar-refractivity contribution in [3.05, 3.63) is 29.8 Å². The van der Waals surface area contributed by atoms with Crippen LogP contribution in [-0.2, 0) is 19.5 Å². The summed E-state index contributed by atoms with van der Waals surface area (Å²) in [6, 6.07) is 6.47. The van der Waals surface area contributed by atoms with Crippen LogP contribution in [0.15, 0.2) is 29.2 Å². The maximum atomic E-state index is 13.1. The number of hydrogen-bond donors (Lipinski definition) is 0. The lowest BCUT2D eigenvalue weighted by molar-refractivity contribution is 0.00710. The molecule has 1 unspecified atom stereocenters. The number of morpholine rings is 1. The van der Waals surface area contributed by atoms with Gasteiger partial charge >= 0.3 is 0 Å². The predicted octanol–water partition coefficient (Wildman–Crippen LogP) is 1.35. The van der Waals surface area contributed by atoms with E-state index in [-0.39, 0.29) is 22.5 Å². The van der Waals surface area contributed by atoms with Crippen molar-refractivity contribution < 1.29 is 22.7 Å². The van der Waals surface area contributed by atoms with Crippen LogP contribution in [0.3, 0.4) is 0 Å². The fraction of sp³-hybridized carbons (Fsp3) is 0.611. The summed E-state index contributed by atoms with van der Waals surface area (Å²) in [6.07, 6.45) is 1.79. The first kappa shape index (κ1) is 19.3. The Kier molecular flexibility index (Phi) is 6.29. The number of benzene rings is 1. The third-order valence-electron chi connectivity index (χ3n) is 4.77. The minimum absolute atomic E-state index is 0.0145. The SMILES string of the molecule is CCOC1CCCN(C(=O)c2ccccc2S(=O)(=O)N2CCOCC2)C1. The van der Waals surface area contributed by atoms with E-state index in [1.165, 1.54) is 10.4 Å². The van der Waals surface area contributed by atoms with Gasteiger partial charge in [0, 0.05) is 32.8 Å². The minimum atomic E-state index is -3.73. The molecule has 1 atom stereocenters. The number of piperidine rings is 1. The molecule has 0 radical (unpaired) electrons. The van der Waals surface area contributed by atoms with E-state index in [4.69, 9.17) is 9.47 Å². The quantitative estimate of drug-likeness (QED) is 0.768. The molecule has 2 aliphatic rings. The average Bonchev–Trinajstić information content (AvgIpc) is 2.68. The molecule has 144 valence electrons. The number of rotatable bonds is 5. The van der Waals surface area contributed by atoms with Gasteiger partial charge in [0.1, 0.15) is 0 Å². The number of carbonyl (C=O) groups is 1. The summed E-state index contributed by atoms with van der Waals surface area (Å²) < 4.78 is 38.4. The molecule has 0 N–H and O–H groups in total. The Bertz CT molecular complexity index is 729. The molecule has 1 aromatic carbocycles. The average molecular weight is 382 g/mol. The fourth-order valence-electron chi connectivity index (χ4n) is 3.46. The normalized spacial score (nSPS) is 22.3. The molecule has 8 heteroatoms. The zero-order valence-electron chi connectivity index (χ0n) is 15.1. The standard InChI is InChI=1S/C18H26N2O5S/c1-2-25-15-6-5-9-19(14-15)18(21)16-7-3-4-8-17(16)26(22,23)20-10-12-24-13-11-20/h3-4,7-8,15H,2,5-6,9-14H2,1H3. The van der Waals surface area contributed by atoms with E-state index in [1.54, 1.807) is 23.1 Å². The first-order chi connectivity index (χ1) is 12.5. The Morgan fingerprint density at radius 1 is 1.23 bits per heavy atom. The fourth-order valence-corrected chi connectivity index (χ4v) is 5.05. The zero-order chi connectivity index (χ0) is 18.6. The Labute approximate surface area is 154 Å². The second kappa shape index (κ2) is 8.47. The van der Waals surface area contributed by atoms with Crippen LogP contribution < -0.4 is 0 Å². The molecule has 1 aromatic rings. The maximum Gasteiger partial charge on any atom is 0.255 e. The second-order valence-electron chi connectivity index (χ2n) is 6.48. The molecule has 1 amide bonds. The zero-order valence-corrected chi connectivity index (χ0v) is 15.9. The van der Waals surface area contributed by atoms with Crippen LogP contribution in [0.5, 0.6) is 0 Å². The molecule has 0 spiro atoms. The number of likely N-dealkylation sites (tertiary alicyclic amines) is 1. The van der Waals surface area contributed by atoms with Crippen molar-refractivity contribution in [1.82, 2.24) is 9.21 Å². The van der Waals surface area contributed by atoms with Crippen molar-refractivity contribution >= 4 is 15.9 Å². The molecule has 0 bridgehead atoms. The highest BCUT2D eigenvalue weighted by atomic mass is 32.2. The van der Waals surface area contributed by atoms with E-state index in [2.05, 4.69) is 0 Å². The Balaban J connectivity index is 1.85. The Hall–Kier alpha value is -1.48. The van der Waals surface area contributed by atoms with E-state index < -0.39 is 10.0 Å². The number of nitrogens with zero attached hydrogens (tertiary/aromatic N) is 2. The van der Waals surface area contributed by atoms with Gasteiger partial charge in [-0.25, -0.2) is 8.42 Å². The smallest absolute Gasteiger partial charge is 0.255 e. The van der Waals surface area contributed by atoms with Gasteiger partial charge < -0.3 is 14.4 Å². The van der Waals surface area contributed by atoms with E-state index in [1.807, 2.05) is 6.92 Å². The topological polar surface area (TPSA) is 76.2 Å². The van der Waals surface area contributed by atoms with Gasteiger partial charge in [-0.1, -0.05) is 12.1 Å². The monoisotopic (exact) mass is 382 g/mol. The van der Waals surface area contributed by atoms with Gasteiger partial charge in [-0.15, -0.1) is 0 Å². The van der Waals surface area contributed by atoms with E-state index >= 15 is 0 Å². The van der Waals surface area contributed by atoms with Gasteiger partial charge in [0.05, 0.1) is 29.8 Å². The number of carbonyl (C=O) groups excluding carboxylic acids is 1. The lowest BCUT2D eigenvalue weighted by Crippen LogP contribution is -2.44. The lowest BCUT2D eigenvalue weighted by Gasteiger charge is -2.33. The highest BCUT2D eigenvalue weighted by molar-refractivity contribution is 7.89. The molecule has 0 aliphatic carbocycles.